The lowest BCUT2D eigenvalue weighted by molar-refractivity contribution is -0.134. The van der Waals surface area contributed by atoms with Gasteiger partial charge in [-0.25, -0.2) is 0 Å². The predicted molar refractivity (Wildman–Crippen MR) is 112 cm³/mol. The average molecular weight is 407 g/mol. The summed E-state index contributed by atoms with van der Waals surface area (Å²) < 4.78 is 1.64. The van der Waals surface area contributed by atoms with Gasteiger partial charge in [0, 0.05) is 24.2 Å². The minimum Gasteiger partial charge on any atom is -0.311 e. The van der Waals surface area contributed by atoms with Crippen LogP contribution >= 0.6 is 11.6 Å². The number of hydrogen-bond donors (Lipinski definition) is 1. The minimum absolute atomic E-state index is 0.0448. The molecule has 0 bridgehead atoms. The van der Waals surface area contributed by atoms with Gasteiger partial charge in [0.05, 0.1) is 17.5 Å². The number of halogens is 1. The van der Waals surface area contributed by atoms with E-state index in [9.17, 15) is 14.4 Å². The van der Waals surface area contributed by atoms with Gasteiger partial charge in [-0.05, 0) is 29.2 Å². The number of nitrogens with zero attached hydrogens (tertiary/aromatic N) is 1. The lowest BCUT2D eigenvalue weighted by Gasteiger charge is -2.23. The zero-order chi connectivity index (χ0) is 20.4. The normalized spacial score (nSPS) is 16.5. The van der Waals surface area contributed by atoms with Crippen LogP contribution in [0.15, 0.2) is 71.7 Å². The average Bonchev–Trinajstić information content (AvgIpc) is 2.71. The fourth-order valence-corrected chi connectivity index (χ4v) is 3.98. The molecule has 146 valence electrons. The molecule has 1 aliphatic rings. The number of rotatable bonds is 4. The molecule has 1 unspecified atom stereocenters. The molecule has 1 saturated heterocycles. The van der Waals surface area contributed by atoms with E-state index in [1.807, 2.05) is 48.5 Å². The topological polar surface area (TPSA) is 68.2 Å². The summed E-state index contributed by atoms with van der Waals surface area (Å²) in [6.45, 7) is 0.490. The van der Waals surface area contributed by atoms with Gasteiger partial charge < -0.3 is 4.57 Å². The summed E-state index contributed by atoms with van der Waals surface area (Å²) >= 11 is 6.66. The number of benzene rings is 2. The van der Waals surface area contributed by atoms with Gasteiger partial charge in [-0.15, -0.1) is 0 Å². The molecule has 0 spiro atoms. The van der Waals surface area contributed by atoms with E-state index in [0.29, 0.717) is 24.4 Å². The number of hydrogen-bond acceptors (Lipinski definition) is 3. The number of pyridine rings is 1. The van der Waals surface area contributed by atoms with Gasteiger partial charge in [0.25, 0.3) is 5.56 Å². The van der Waals surface area contributed by atoms with Crippen LogP contribution in [0, 0.1) is 0 Å². The van der Waals surface area contributed by atoms with Crippen molar-refractivity contribution in [1.82, 2.24) is 9.88 Å². The molecule has 6 heteroatoms. The second kappa shape index (κ2) is 8.05. The molecule has 0 aliphatic carbocycles. The van der Waals surface area contributed by atoms with E-state index in [2.05, 4.69) is 5.32 Å². The number of nitrogens with one attached hydrogen (secondary N) is 1. The highest BCUT2D eigenvalue weighted by atomic mass is 35.5. The molecule has 1 N–H and O–H groups in total. The van der Waals surface area contributed by atoms with Crippen LogP contribution in [-0.4, -0.2) is 16.4 Å². The Morgan fingerprint density at radius 1 is 0.966 bits per heavy atom. The standard InChI is InChI=1S/C23H19ClN2O3/c24-22-17(4-3-5-18(22)19-11-12-20(27)25-23(19)29)16-9-7-15(8-10-16)14-26-13-2-1-6-21(26)28/h1-10,13,19H,11-12,14H2,(H,25,27,29). The Morgan fingerprint density at radius 2 is 1.76 bits per heavy atom. The first kappa shape index (κ1) is 19.2. The highest BCUT2D eigenvalue weighted by Crippen LogP contribution is 2.37. The molecule has 1 aromatic heterocycles. The third-order valence-corrected chi connectivity index (χ3v) is 5.58. The first-order chi connectivity index (χ1) is 14.0. The number of carbonyl (C=O) groups is 2. The van der Waals surface area contributed by atoms with E-state index >= 15 is 0 Å². The van der Waals surface area contributed by atoms with E-state index in [0.717, 1.165) is 22.3 Å². The summed E-state index contributed by atoms with van der Waals surface area (Å²) in [5.74, 6) is -0.972. The predicted octanol–water partition coefficient (Wildman–Crippen LogP) is 3.74. The molecule has 4 rings (SSSR count). The first-order valence-electron chi connectivity index (χ1n) is 9.40. The Labute approximate surface area is 172 Å². The fourth-order valence-electron chi connectivity index (χ4n) is 3.61. The van der Waals surface area contributed by atoms with Crippen LogP contribution in [-0.2, 0) is 16.1 Å². The van der Waals surface area contributed by atoms with E-state index in [4.69, 9.17) is 11.6 Å². The van der Waals surface area contributed by atoms with E-state index in [1.54, 1.807) is 16.8 Å². The second-order valence-electron chi connectivity index (χ2n) is 7.08. The Balaban J connectivity index is 1.60. The zero-order valence-electron chi connectivity index (χ0n) is 15.6. The van der Waals surface area contributed by atoms with Gasteiger partial charge in [0.1, 0.15) is 0 Å². The lowest BCUT2D eigenvalue weighted by Crippen LogP contribution is -2.39. The fraction of sp³-hybridized carbons (Fsp3) is 0.174. The van der Waals surface area contributed by atoms with Crippen LogP contribution in [0.1, 0.15) is 29.9 Å². The molecule has 0 saturated carbocycles. The van der Waals surface area contributed by atoms with Gasteiger partial charge in [0.15, 0.2) is 0 Å². The van der Waals surface area contributed by atoms with Crippen LogP contribution in [0.5, 0.6) is 0 Å². The number of carbonyl (C=O) groups excluding carboxylic acids is 2. The Bertz CT molecular complexity index is 1140. The molecule has 1 aliphatic heterocycles. The largest absolute Gasteiger partial charge is 0.311 e. The third-order valence-electron chi connectivity index (χ3n) is 5.16. The summed E-state index contributed by atoms with van der Waals surface area (Å²) in [6, 6.07) is 18.5. The SMILES string of the molecule is O=C1CCC(c2cccc(-c3ccc(Cn4ccccc4=O)cc3)c2Cl)C(=O)N1. The lowest BCUT2D eigenvalue weighted by atomic mass is 9.88. The van der Waals surface area contributed by atoms with Crippen LogP contribution in [0.4, 0.5) is 0 Å². The Kier molecular flexibility index (Phi) is 5.32. The third kappa shape index (κ3) is 4.00. The number of amides is 2. The quantitative estimate of drug-likeness (QED) is 0.671. The maximum Gasteiger partial charge on any atom is 0.250 e. The van der Waals surface area contributed by atoms with E-state index in [1.165, 1.54) is 6.07 Å². The summed E-state index contributed by atoms with van der Waals surface area (Å²) in [5.41, 5.74) is 3.44. The minimum atomic E-state index is -0.427. The maximum absolute atomic E-state index is 12.2. The molecule has 2 aromatic carbocycles. The number of aromatic nitrogens is 1. The molecule has 29 heavy (non-hydrogen) atoms. The van der Waals surface area contributed by atoms with Crippen LogP contribution in [0.25, 0.3) is 11.1 Å². The summed E-state index contributed by atoms with van der Waals surface area (Å²) in [4.78, 5) is 35.5. The van der Waals surface area contributed by atoms with E-state index in [-0.39, 0.29) is 17.4 Å². The Morgan fingerprint density at radius 3 is 2.48 bits per heavy atom. The highest BCUT2D eigenvalue weighted by molar-refractivity contribution is 6.34. The van der Waals surface area contributed by atoms with Crippen molar-refractivity contribution in [3.8, 4) is 11.1 Å². The van der Waals surface area contributed by atoms with Crippen molar-refractivity contribution in [2.75, 3.05) is 0 Å². The van der Waals surface area contributed by atoms with Crippen molar-refractivity contribution in [3.05, 3.63) is 93.4 Å². The van der Waals surface area contributed by atoms with Crippen molar-refractivity contribution >= 4 is 23.4 Å². The second-order valence-corrected chi connectivity index (χ2v) is 7.45. The number of piperidine rings is 1. The number of imide groups is 1. The molecule has 2 heterocycles. The maximum atomic E-state index is 12.2. The van der Waals surface area contributed by atoms with E-state index < -0.39 is 5.92 Å². The smallest absolute Gasteiger partial charge is 0.250 e. The molecule has 2 amide bonds. The molecule has 1 atom stereocenters. The first-order valence-corrected chi connectivity index (χ1v) is 9.77. The summed E-state index contributed by atoms with van der Waals surface area (Å²) in [6.07, 6.45) is 2.53. The summed E-state index contributed by atoms with van der Waals surface area (Å²) in [7, 11) is 0. The molecule has 3 aromatic rings. The molecular formula is C23H19ClN2O3. The van der Waals surface area contributed by atoms with Gasteiger partial charge >= 0.3 is 0 Å². The Hall–Kier alpha value is -3.18. The molecule has 5 nitrogen and oxygen atoms in total. The molecule has 0 radical (unpaired) electrons. The van der Waals surface area contributed by atoms with Gasteiger partial charge in [-0.1, -0.05) is 60.1 Å². The summed E-state index contributed by atoms with van der Waals surface area (Å²) in [5, 5.41) is 2.91. The monoisotopic (exact) mass is 406 g/mol. The highest BCUT2D eigenvalue weighted by Gasteiger charge is 2.30. The van der Waals surface area contributed by atoms with Crippen LogP contribution < -0.4 is 10.9 Å². The van der Waals surface area contributed by atoms with Crippen molar-refractivity contribution in [1.29, 1.82) is 0 Å². The molecule has 1 fully saturated rings. The van der Waals surface area contributed by atoms with Gasteiger partial charge in [-0.2, -0.15) is 0 Å². The van der Waals surface area contributed by atoms with Crippen molar-refractivity contribution < 1.29 is 9.59 Å². The van der Waals surface area contributed by atoms with Crippen LogP contribution in [0.3, 0.4) is 0 Å². The zero-order valence-corrected chi connectivity index (χ0v) is 16.4. The van der Waals surface area contributed by atoms with Crippen molar-refractivity contribution in [2.45, 2.75) is 25.3 Å². The van der Waals surface area contributed by atoms with Crippen molar-refractivity contribution in [3.63, 3.8) is 0 Å². The van der Waals surface area contributed by atoms with Gasteiger partial charge in [0.2, 0.25) is 11.8 Å². The molecular weight excluding hydrogens is 388 g/mol. The van der Waals surface area contributed by atoms with Crippen molar-refractivity contribution in [2.24, 2.45) is 0 Å². The van der Waals surface area contributed by atoms with Gasteiger partial charge in [-0.3, -0.25) is 19.7 Å². The van der Waals surface area contributed by atoms with Crippen LogP contribution in [0.2, 0.25) is 5.02 Å².